The van der Waals surface area contributed by atoms with Gasteiger partial charge in [0, 0.05) is 51.7 Å². The molecule has 0 spiro atoms. The lowest BCUT2D eigenvalue weighted by Gasteiger charge is -2.33. The van der Waals surface area contributed by atoms with Crippen molar-refractivity contribution in [2.75, 3.05) is 45.8 Å². The van der Waals surface area contributed by atoms with Crippen molar-refractivity contribution in [3.63, 3.8) is 0 Å². The Balaban J connectivity index is 1.46. The van der Waals surface area contributed by atoms with Crippen molar-refractivity contribution in [1.82, 2.24) is 30.4 Å². The molecular weight excluding hydrogens is 399 g/mol. The Bertz CT molecular complexity index is 869. The predicted octanol–water partition coefficient (Wildman–Crippen LogP) is 1.30. The van der Waals surface area contributed by atoms with E-state index in [0.717, 1.165) is 51.3 Å². The molecule has 2 heterocycles. The zero-order chi connectivity index (χ0) is 22.1. The van der Waals surface area contributed by atoms with E-state index in [9.17, 15) is 14.0 Å². The van der Waals surface area contributed by atoms with Crippen LogP contribution in [0.2, 0.25) is 0 Å². The van der Waals surface area contributed by atoms with Crippen LogP contribution >= 0.6 is 0 Å². The molecule has 0 aliphatic carbocycles. The third kappa shape index (κ3) is 6.80. The van der Waals surface area contributed by atoms with E-state index in [2.05, 4.69) is 37.3 Å². The molecule has 2 amide bonds. The summed E-state index contributed by atoms with van der Waals surface area (Å²) in [6.45, 7) is 9.13. The summed E-state index contributed by atoms with van der Waals surface area (Å²) in [5.41, 5.74) is 0.706. The van der Waals surface area contributed by atoms with Gasteiger partial charge >= 0.3 is 0 Å². The average molecular weight is 429 g/mol. The van der Waals surface area contributed by atoms with Crippen molar-refractivity contribution in [2.45, 2.75) is 19.9 Å². The van der Waals surface area contributed by atoms with Crippen molar-refractivity contribution >= 4 is 11.8 Å². The molecule has 1 aromatic carbocycles. The van der Waals surface area contributed by atoms with Gasteiger partial charge in [-0.2, -0.15) is 0 Å². The van der Waals surface area contributed by atoms with E-state index < -0.39 is 11.8 Å². The Hall–Kier alpha value is -2.91. The van der Waals surface area contributed by atoms with Crippen molar-refractivity contribution < 1.29 is 14.0 Å². The number of piperazine rings is 1. The van der Waals surface area contributed by atoms with E-state index in [1.165, 1.54) is 24.5 Å². The van der Waals surface area contributed by atoms with E-state index in [1.54, 1.807) is 12.1 Å². The fraction of sp³-hybridized carbons (Fsp3) is 0.455. The van der Waals surface area contributed by atoms with Crippen LogP contribution in [-0.2, 0) is 6.54 Å². The number of rotatable bonds is 9. The molecule has 1 aromatic heterocycles. The molecule has 31 heavy (non-hydrogen) atoms. The Morgan fingerprint density at radius 1 is 0.935 bits per heavy atom. The highest BCUT2D eigenvalue weighted by atomic mass is 19.1. The Kier molecular flexibility index (Phi) is 8.43. The lowest BCUT2D eigenvalue weighted by atomic mass is 10.2. The normalized spacial score (nSPS) is 14.9. The maximum atomic E-state index is 13.0. The molecule has 166 valence electrons. The van der Waals surface area contributed by atoms with Gasteiger partial charge in [0.2, 0.25) is 0 Å². The second kappa shape index (κ2) is 11.5. The largest absolute Gasteiger partial charge is 0.351 e. The number of carbonyl (C=O) groups is 2. The van der Waals surface area contributed by atoms with Crippen LogP contribution in [0.1, 0.15) is 39.9 Å². The van der Waals surface area contributed by atoms with E-state index in [1.807, 2.05) is 0 Å². The van der Waals surface area contributed by atoms with Crippen LogP contribution in [0.4, 0.5) is 4.39 Å². The topological polar surface area (TPSA) is 90.5 Å². The van der Waals surface area contributed by atoms with Crippen molar-refractivity contribution in [3.8, 4) is 0 Å². The molecule has 1 aliphatic rings. The van der Waals surface area contributed by atoms with Crippen LogP contribution in [0.3, 0.4) is 0 Å². The molecule has 8 nitrogen and oxygen atoms in total. The number of hydrogen-bond acceptors (Lipinski definition) is 6. The van der Waals surface area contributed by atoms with Gasteiger partial charge in [0.1, 0.15) is 5.82 Å². The minimum absolute atomic E-state index is 0.00401. The monoisotopic (exact) mass is 428 g/mol. The summed E-state index contributed by atoms with van der Waals surface area (Å²) in [4.78, 5) is 38.0. The first-order chi connectivity index (χ1) is 15.1. The van der Waals surface area contributed by atoms with Crippen LogP contribution in [0.15, 0.2) is 36.7 Å². The summed E-state index contributed by atoms with van der Waals surface area (Å²) in [5.74, 6) is -1.27. The summed E-state index contributed by atoms with van der Waals surface area (Å²) >= 11 is 0. The third-order valence-corrected chi connectivity index (χ3v) is 5.34. The first-order valence-corrected chi connectivity index (χ1v) is 10.6. The second-order valence-electron chi connectivity index (χ2n) is 7.45. The number of hydrogen-bond donors (Lipinski definition) is 2. The van der Waals surface area contributed by atoms with Gasteiger partial charge in [0.05, 0.1) is 0 Å². The van der Waals surface area contributed by atoms with Crippen molar-refractivity contribution in [3.05, 3.63) is 59.4 Å². The molecule has 0 saturated carbocycles. The first kappa shape index (κ1) is 22.8. The van der Waals surface area contributed by atoms with E-state index in [4.69, 9.17) is 0 Å². The Morgan fingerprint density at radius 2 is 1.52 bits per heavy atom. The highest BCUT2D eigenvalue weighted by molar-refractivity contribution is 6.04. The molecule has 2 aromatic rings. The molecule has 0 bridgehead atoms. The molecule has 2 N–H and O–H groups in total. The molecule has 9 heteroatoms. The number of carbonyl (C=O) groups excluding carboxylic acids is 2. The zero-order valence-corrected chi connectivity index (χ0v) is 17.8. The number of benzene rings is 1. The van der Waals surface area contributed by atoms with Crippen molar-refractivity contribution in [1.29, 1.82) is 0 Å². The van der Waals surface area contributed by atoms with Gasteiger partial charge in [-0.05, 0) is 37.2 Å². The number of halogens is 1. The number of likely N-dealkylation sites (N-methyl/N-ethyl adjacent to an activating group) is 1. The molecule has 3 rings (SSSR count). The number of nitrogens with zero attached hydrogens (tertiary/aromatic N) is 4. The highest BCUT2D eigenvalue weighted by Gasteiger charge is 2.20. The minimum atomic E-state index is -0.503. The summed E-state index contributed by atoms with van der Waals surface area (Å²) in [6, 6.07) is 5.82. The highest BCUT2D eigenvalue weighted by Crippen LogP contribution is 2.06. The van der Waals surface area contributed by atoms with Crippen LogP contribution < -0.4 is 10.6 Å². The molecule has 1 aliphatic heterocycles. The van der Waals surface area contributed by atoms with Crippen LogP contribution in [0.5, 0.6) is 0 Å². The smallest absolute Gasteiger partial charge is 0.272 e. The number of amides is 2. The van der Waals surface area contributed by atoms with Gasteiger partial charge in [-0.25, -0.2) is 14.4 Å². The molecule has 0 atom stereocenters. The van der Waals surface area contributed by atoms with Gasteiger partial charge in [-0.15, -0.1) is 0 Å². The number of aromatic nitrogens is 2. The summed E-state index contributed by atoms with van der Waals surface area (Å²) in [5, 5.41) is 5.53. The SMILES string of the molecule is CCN1CCN(CCCNC(=O)c2nccnc2C(=O)NCc2ccc(F)cc2)CC1. The third-order valence-electron chi connectivity index (χ3n) is 5.34. The zero-order valence-electron chi connectivity index (χ0n) is 17.8. The predicted molar refractivity (Wildman–Crippen MR) is 115 cm³/mol. The van der Waals surface area contributed by atoms with Gasteiger partial charge in [0.25, 0.3) is 11.8 Å². The van der Waals surface area contributed by atoms with Gasteiger partial charge in [-0.1, -0.05) is 19.1 Å². The lowest BCUT2D eigenvalue weighted by Crippen LogP contribution is -2.46. The molecule has 1 saturated heterocycles. The van der Waals surface area contributed by atoms with Gasteiger partial charge < -0.3 is 20.4 Å². The van der Waals surface area contributed by atoms with Crippen LogP contribution in [0.25, 0.3) is 0 Å². The fourth-order valence-electron chi connectivity index (χ4n) is 3.46. The lowest BCUT2D eigenvalue weighted by molar-refractivity contribution is 0.0907. The molecular formula is C22H29FN6O2. The minimum Gasteiger partial charge on any atom is -0.351 e. The summed E-state index contributed by atoms with van der Waals surface area (Å²) in [6.07, 6.45) is 3.59. The standard InChI is InChI=1S/C22H29FN6O2/c1-2-28-12-14-29(15-13-28)11-3-8-26-21(30)19-20(25-10-9-24-19)22(31)27-16-17-4-6-18(23)7-5-17/h4-7,9-10H,2-3,8,11-16H2,1H3,(H,26,30)(H,27,31). The fourth-order valence-corrected chi connectivity index (χ4v) is 3.46. The molecule has 0 radical (unpaired) electrons. The molecule has 1 fully saturated rings. The average Bonchev–Trinajstić information content (AvgIpc) is 2.81. The van der Waals surface area contributed by atoms with E-state index in [0.29, 0.717) is 6.54 Å². The quantitative estimate of drug-likeness (QED) is 0.586. The van der Waals surface area contributed by atoms with E-state index in [-0.39, 0.29) is 23.7 Å². The van der Waals surface area contributed by atoms with Crippen LogP contribution in [0, 0.1) is 5.82 Å². The maximum absolute atomic E-state index is 13.0. The number of nitrogens with one attached hydrogen (secondary N) is 2. The molecule has 0 unspecified atom stereocenters. The Labute approximate surface area is 181 Å². The van der Waals surface area contributed by atoms with Crippen LogP contribution in [-0.4, -0.2) is 77.4 Å². The van der Waals surface area contributed by atoms with Gasteiger partial charge in [0.15, 0.2) is 11.4 Å². The van der Waals surface area contributed by atoms with Crippen molar-refractivity contribution in [2.24, 2.45) is 0 Å². The first-order valence-electron chi connectivity index (χ1n) is 10.6. The summed E-state index contributed by atoms with van der Waals surface area (Å²) in [7, 11) is 0. The maximum Gasteiger partial charge on any atom is 0.272 e. The van der Waals surface area contributed by atoms with E-state index >= 15 is 0 Å². The Morgan fingerprint density at radius 3 is 2.13 bits per heavy atom. The second-order valence-corrected chi connectivity index (χ2v) is 7.45. The summed E-state index contributed by atoms with van der Waals surface area (Å²) < 4.78 is 13.0. The van der Waals surface area contributed by atoms with Gasteiger partial charge in [-0.3, -0.25) is 9.59 Å².